The molecule has 16 heavy (non-hydrogen) atoms. The van der Waals surface area contributed by atoms with Crippen molar-refractivity contribution in [2.45, 2.75) is 44.6 Å². The van der Waals surface area contributed by atoms with Gasteiger partial charge in [0.2, 0.25) is 0 Å². The third kappa shape index (κ3) is 1.85. The highest BCUT2D eigenvalue weighted by molar-refractivity contribution is 7.13. The van der Waals surface area contributed by atoms with Crippen molar-refractivity contribution in [3.05, 3.63) is 15.6 Å². The average molecular weight is 240 g/mol. The number of carboxylic acids is 1. The van der Waals surface area contributed by atoms with Crippen molar-refractivity contribution in [3.8, 4) is 0 Å². The SMILES string of the molecule is CCCc1nc(C2(N)CCC2)sc1C(=O)O. The number of thiazole rings is 1. The number of carboxylic acid groups (broad SMARTS) is 1. The molecule has 1 aromatic heterocycles. The quantitative estimate of drug-likeness (QED) is 0.845. The maximum absolute atomic E-state index is 11.1. The molecule has 0 spiro atoms. The number of hydrogen-bond donors (Lipinski definition) is 2. The zero-order valence-corrected chi connectivity index (χ0v) is 10.1. The molecule has 0 unspecified atom stereocenters. The van der Waals surface area contributed by atoms with Gasteiger partial charge in [0.15, 0.2) is 0 Å². The molecule has 0 atom stereocenters. The fourth-order valence-electron chi connectivity index (χ4n) is 1.91. The lowest BCUT2D eigenvalue weighted by Gasteiger charge is -2.35. The van der Waals surface area contributed by atoms with Crippen molar-refractivity contribution in [3.63, 3.8) is 0 Å². The summed E-state index contributed by atoms with van der Waals surface area (Å²) in [6.07, 6.45) is 4.58. The molecule has 0 amide bonds. The van der Waals surface area contributed by atoms with Gasteiger partial charge in [-0.2, -0.15) is 0 Å². The van der Waals surface area contributed by atoms with Gasteiger partial charge in [0.25, 0.3) is 0 Å². The number of aromatic carboxylic acids is 1. The van der Waals surface area contributed by atoms with E-state index in [4.69, 9.17) is 10.8 Å². The fraction of sp³-hybridized carbons (Fsp3) is 0.636. The van der Waals surface area contributed by atoms with Crippen molar-refractivity contribution in [1.82, 2.24) is 4.98 Å². The highest BCUT2D eigenvalue weighted by Gasteiger charge is 2.38. The first-order chi connectivity index (χ1) is 7.57. The number of nitrogens with zero attached hydrogens (tertiary/aromatic N) is 1. The van der Waals surface area contributed by atoms with Crippen LogP contribution < -0.4 is 5.73 Å². The number of nitrogens with two attached hydrogens (primary N) is 1. The van der Waals surface area contributed by atoms with Gasteiger partial charge in [-0.3, -0.25) is 0 Å². The monoisotopic (exact) mass is 240 g/mol. The van der Waals surface area contributed by atoms with Crippen LogP contribution in [0.4, 0.5) is 0 Å². The molecule has 4 nitrogen and oxygen atoms in total. The van der Waals surface area contributed by atoms with E-state index in [-0.39, 0.29) is 5.54 Å². The minimum Gasteiger partial charge on any atom is -0.477 e. The number of carbonyl (C=O) groups is 1. The number of aryl methyl sites for hydroxylation is 1. The molecule has 1 aliphatic rings. The van der Waals surface area contributed by atoms with E-state index in [1.54, 1.807) is 0 Å². The molecule has 0 saturated heterocycles. The highest BCUT2D eigenvalue weighted by Crippen LogP contribution is 2.41. The Bertz CT molecular complexity index is 410. The summed E-state index contributed by atoms with van der Waals surface area (Å²) in [7, 11) is 0. The van der Waals surface area contributed by atoms with Crippen molar-refractivity contribution in [2.75, 3.05) is 0 Å². The van der Waals surface area contributed by atoms with E-state index in [0.717, 1.165) is 30.7 Å². The van der Waals surface area contributed by atoms with Gasteiger partial charge in [0, 0.05) is 0 Å². The van der Waals surface area contributed by atoms with Crippen molar-refractivity contribution >= 4 is 17.3 Å². The van der Waals surface area contributed by atoms with Crippen LogP contribution in [-0.2, 0) is 12.0 Å². The summed E-state index contributed by atoms with van der Waals surface area (Å²) in [5, 5.41) is 9.90. The standard InChI is InChI=1S/C11H16N2O2S/c1-2-4-7-8(9(14)15)16-10(13-7)11(12)5-3-6-11/h2-6,12H2,1H3,(H,14,15). The molecule has 1 saturated carbocycles. The molecule has 2 rings (SSSR count). The molecule has 1 heterocycles. The Hall–Kier alpha value is -0.940. The van der Waals surface area contributed by atoms with Crippen LogP contribution in [0.1, 0.15) is 53.0 Å². The molecular formula is C11H16N2O2S. The van der Waals surface area contributed by atoms with Crippen LogP contribution in [0.15, 0.2) is 0 Å². The molecule has 0 bridgehead atoms. The first-order valence-electron chi connectivity index (χ1n) is 5.59. The highest BCUT2D eigenvalue weighted by atomic mass is 32.1. The first-order valence-corrected chi connectivity index (χ1v) is 6.41. The van der Waals surface area contributed by atoms with Gasteiger partial charge in [0.05, 0.1) is 11.2 Å². The van der Waals surface area contributed by atoms with Crippen molar-refractivity contribution < 1.29 is 9.90 Å². The Kier molecular flexibility index (Phi) is 2.99. The van der Waals surface area contributed by atoms with Gasteiger partial charge in [-0.15, -0.1) is 11.3 Å². The molecule has 0 aromatic carbocycles. The number of hydrogen-bond acceptors (Lipinski definition) is 4. The largest absolute Gasteiger partial charge is 0.477 e. The van der Waals surface area contributed by atoms with E-state index in [0.29, 0.717) is 17.0 Å². The summed E-state index contributed by atoms with van der Waals surface area (Å²) in [5.41, 5.74) is 6.51. The Morgan fingerprint density at radius 1 is 1.62 bits per heavy atom. The zero-order valence-electron chi connectivity index (χ0n) is 9.32. The van der Waals surface area contributed by atoms with Crippen LogP contribution in [0.3, 0.4) is 0 Å². The van der Waals surface area contributed by atoms with E-state index in [2.05, 4.69) is 4.98 Å². The smallest absolute Gasteiger partial charge is 0.347 e. The molecule has 1 fully saturated rings. The van der Waals surface area contributed by atoms with E-state index in [1.165, 1.54) is 11.3 Å². The first kappa shape index (κ1) is 11.5. The molecular weight excluding hydrogens is 224 g/mol. The van der Waals surface area contributed by atoms with E-state index < -0.39 is 5.97 Å². The lowest BCUT2D eigenvalue weighted by atomic mass is 9.78. The minimum absolute atomic E-state index is 0.346. The van der Waals surface area contributed by atoms with Crippen LogP contribution >= 0.6 is 11.3 Å². The van der Waals surface area contributed by atoms with Gasteiger partial charge in [-0.05, 0) is 25.7 Å². The van der Waals surface area contributed by atoms with E-state index >= 15 is 0 Å². The van der Waals surface area contributed by atoms with Crippen molar-refractivity contribution in [1.29, 1.82) is 0 Å². The molecule has 1 aliphatic carbocycles. The number of rotatable bonds is 4. The maximum atomic E-state index is 11.1. The van der Waals surface area contributed by atoms with E-state index in [9.17, 15) is 4.79 Å². The fourth-order valence-corrected chi connectivity index (χ4v) is 3.02. The van der Waals surface area contributed by atoms with Crippen molar-refractivity contribution in [2.24, 2.45) is 5.73 Å². The Morgan fingerprint density at radius 3 is 2.75 bits per heavy atom. The topological polar surface area (TPSA) is 76.2 Å². The Labute approximate surface area is 98.5 Å². The van der Waals surface area contributed by atoms with Gasteiger partial charge < -0.3 is 10.8 Å². The van der Waals surface area contributed by atoms with Crippen LogP contribution in [0.25, 0.3) is 0 Å². The minimum atomic E-state index is -0.880. The van der Waals surface area contributed by atoms with Gasteiger partial charge >= 0.3 is 5.97 Å². The van der Waals surface area contributed by atoms with Crippen LogP contribution in [0.2, 0.25) is 0 Å². The maximum Gasteiger partial charge on any atom is 0.347 e. The third-order valence-corrected chi connectivity index (χ3v) is 4.36. The van der Waals surface area contributed by atoms with Crippen LogP contribution in [0.5, 0.6) is 0 Å². The summed E-state index contributed by atoms with van der Waals surface area (Å²) in [5.74, 6) is -0.880. The Balaban J connectivity index is 2.34. The van der Waals surface area contributed by atoms with Gasteiger partial charge in [0.1, 0.15) is 9.88 Å². The second-order valence-corrected chi connectivity index (χ2v) is 5.36. The van der Waals surface area contributed by atoms with Gasteiger partial charge in [-0.25, -0.2) is 9.78 Å². The number of aromatic nitrogens is 1. The van der Waals surface area contributed by atoms with Crippen LogP contribution in [0, 0.1) is 0 Å². The third-order valence-electron chi connectivity index (χ3n) is 3.05. The predicted molar refractivity (Wildman–Crippen MR) is 62.8 cm³/mol. The summed E-state index contributed by atoms with van der Waals surface area (Å²) in [6.45, 7) is 2.02. The molecule has 88 valence electrons. The summed E-state index contributed by atoms with van der Waals surface area (Å²) >= 11 is 1.25. The Morgan fingerprint density at radius 2 is 2.31 bits per heavy atom. The lowest BCUT2D eigenvalue weighted by molar-refractivity contribution is 0.0700. The van der Waals surface area contributed by atoms with E-state index in [1.807, 2.05) is 6.92 Å². The summed E-state index contributed by atoms with van der Waals surface area (Å²) < 4.78 is 0. The summed E-state index contributed by atoms with van der Waals surface area (Å²) in [4.78, 5) is 15.9. The van der Waals surface area contributed by atoms with Crippen LogP contribution in [-0.4, -0.2) is 16.1 Å². The molecule has 0 radical (unpaired) electrons. The second kappa shape index (κ2) is 4.14. The molecule has 0 aliphatic heterocycles. The van der Waals surface area contributed by atoms with Gasteiger partial charge in [-0.1, -0.05) is 13.3 Å². The normalized spacial score (nSPS) is 18.1. The second-order valence-electron chi connectivity index (χ2n) is 4.36. The molecule has 1 aromatic rings. The zero-order chi connectivity index (χ0) is 11.8. The summed E-state index contributed by atoms with van der Waals surface area (Å²) in [6, 6.07) is 0. The average Bonchev–Trinajstić information content (AvgIpc) is 2.59. The lowest BCUT2D eigenvalue weighted by Crippen LogP contribution is -2.43. The molecule has 5 heteroatoms. The molecule has 3 N–H and O–H groups in total. The predicted octanol–water partition coefficient (Wildman–Crippen LogP) is 2.13.